The molecule has 1 amide bonds. The third-order valence-corrected chi connectivity index (χ3v) is 2.50. The molecule has 0 bridgehead atoms. The van der Waals surface area contributed by atoms with E-state index in [1.807, 2.05) is 25.1 Å². The van der Waals surface area contributed by atoms with Crippen LogP contribution in [-0.4, -0.2) is 24.0 Å². The molecule has 0 unspecified atom stereocenters. The first kappa shape index (κ1) is 10.1. The predicted molar refractivity (Wildman–Crippen MR) is 58.6 cm³/mol. The molecule has 80 valence electrons. The van der Waals surface area contributed by atoms with Gasteiger partial charge in [0.1, 0.15) is 5.82 Å². The maximum absolute atomic E-state index is 11.5. The van der Waals surface area contributed by atoms with Crippen molar-refractivity contribution < 1.29 is 4.79 Å². The Balaban J connectivity index is 1.87. The highest BCUT2D eigenvalue weighted by atomic mass is 16.1. The Morgan fingerprint density at radius 3 is 3.00 bits per heavy atom. The van der Waals surface area contributed by atoms with Gasteiger partial charge in [0.05, 0.1) is 0 Å². The molecule has 0 radical (unpaired) electrons. The molecule has 0 aliphatic carbocycles. The van der Waals surface area contributed by atoms with Crippen molar-refractivity contribution in [2.24, 2.45) is 5.92 Å². The molecule has 2 rings (SSSR count). The van der Waals surface area contributed by atoms with E-state index in [-0.39, 0.29) is 5.91 Å². The summed E-state index contributed by atoms with van der Waals surface area (Å²) < 4.78 is 0. The minimum Gasteiger partial charge on any atom is -0.316 e. The van der Waals surface area contributed by atoms with Crippen LogP contribution in [0.1, 0.15) is 12.1 Å². The summed E-state index contributed by atoms with van der Waals surface area (Å²) in [6.45, 7) is 3.81. The molecule has 4 heteroatoms. The van der Waals surface area contributed by atoms with Gasteiger partial charge in [-0.25, -0.2) is 4.98 Å². The predicted octanol–water partition coefficient (Wildman–Crippen LogP) is 0.938. The van der Waals surface area contributed by atoms with Gasteiger partial charge in [-0.05, 0) is 38.1 Å². The van der Waals surface area contributed by atoms with Gasteiger partial charge in [-0.3, -0.25) is 4.79 Å². The van der Waals surface area contributed by atoms with Crippen molar-refractivity contribution in [3.8, 4) is 0 Å². The number of carbonyl (C=O) groups is 1. The van der Waals surface area contributed by atoms with Gasteiger partial charge in [0.2, 0.25) is 5.91 Å². The summed E-state index contributed by atoms with van der Waals surface area (Å²) in [6, 6.07) is 5.61. The fourth-order valence-corrected chi connectivity index (χ4v) is 1.56. The van der Waals surface area contributed by atoms with E-state index in [0.717, 1.165) is 18.8 Å². The summed E-state index contributed by atoms with van der Waals surface area (Å²) in [5.74, 6) is 1.20. The summed E-state index contributed by atoms with van der Waals surface area (Å²) in [5, 5.41) is 5.95. The van der Waals surface area contributed by atoms with Gasteiger partial charge in [-0.1, -0.05) is 6.07 Å². The van der Waals surface area contributed by atoms with Crippen LogP contribution in [0, 0.1) is 12.8 Å². The Bertz CT molecular complexity index is 361. The van der Waals surface area contributed by atoms with E-state index in [1.165, 1.54) is 0 Å². The Kier molecular flexibility index (Phi) is 2.97. The third kappa shape index (κ3) is 2.76. The molecule has 2 N–H and O–H groups in total. The molecular formula is C11H15N3O. The van der Waals surface area contributed by atoms with Gasteiger partial charge >= 0.3 is 0 Å². The minimum absolute atomic E-state index is 0.0552. The standard InChI is InChI=1S/C11H15N3O/c1-8-3-2-4-10(13-8)14-11(15)5-9-6-12-7-9/h2-4,9,12H,5-7H2,1H3,(H,13,14,15). The van der Waals surface area contributed by atoms with Gasteiger partial charge in [-0.2, -0.15) is 0 Å². The van der Waals surface area contributed by atoms with Crippen molar-refractivity contribution >= 4 is 11.7 Å². The first-order chi connectivity index (χ1) is 7.24. The van der Waals surface area contributed by atoms with Crippen molar-refractivity contribution in [2.75, 3.05) is 18.4 Å². The average molecular weight is 205 g/mol. The highest BCUT2D eigenvalue weighted by Crippen LogP contribution is 2.10. The molecule has 2 heterocycles. The van der Waals surface area contributed by atoms with E-state index in [9.17, 15) is 4.79 Å². The van der Waals surface area contributed by atoms with E-state index < -0.39 is 0 Å². The van der Waals surface area contributed by atoms with Crippen molar-refractivity contribution in [3.05, 3.63) is 23.9 Å². The summed E-state index contributed by atoms with van der Waals surface area (Å²) in [6.07, 6.45) is 0.586. The summed E-state index contributed by atoms with van der Waals surface area (Å²) >= 11 is 0. The van der Waals surface area contributed by atoms with E-state index >= 15 is 0 Å². The largest absolute Gasteiger partial charge is 0.316 e. The van der Waals surface area contributed by atoms with Crippen LogP contribution in [0.25, 0.3) is 0 Å². The van der Waals surface area contributed by atoms with E-state index in [4.69, 9.17) is 0 Å². The number of pyridine rings is 1. The number of aryl methyl sites for hydroxylation is 1. The number of hydrogen-bond donors (Lipinski definition) is 2. The molecule has 0 saturated carbocycles. The van der Waals surface area contributed by atoms with Crippen molar-refractivity contribution in [3.63, 3.8) is 0 Å². The average Bonchev–Trinajstić information content (AvgIpc) is 2.11. The highest BCUT2D eigenvalue weighted by molar-refractivity contribution is 5.89. The first-order valence-corrected chi connectivity index (χ1v) is 5.18. The van der Waals surface area contributed by atoms with Crippen LogP contribution in [0.4, 0.5) is 5.82 Å². The first-order valence-electron chi connectivity index (χ1n) is 5.18. The van der Waals surface area contributed by atoms with Crippen LogP contribution in [0.5, 0.6) is 0 Å². The second-order valence-electron chi connectivity index (χ2n) is 3.94. The van der Waals surface area contributed by atoms with Gasteiger partial charge in [-0.15, -0.1) is 0 Å². The molecule has 4 nitrogen and oxygen atoms in total. The fraction of sp³-hybridized carbons (Fsp3) is 0.455. The summed E-state index contributed by atoms with van der Waals surface area (Å²) in [5.41, 5.74) is 0.915. The zero-order valence-corrected chi connectivity index (χ0v) is 8.79. The van der Waals surface area contributed by atoms with Crippen LogP contribution in [0.15, 0.2) is 18.2 Å². The molecule has 0 spiro atoms. The van der Waals surface area contributed by atoms with E-state index in [2.05, 4.69) is 15.6 Å². The lowest BCUT2D eigenvalue weighted by molar-refractivity contribution is -0.117. The number of nitrogens with zero attached hydrogens (tertiary/aromatic N) is 1. The Hall–Kier alpha value is -1.42. The van der Waals surface area contributed by atoms with Crippen LogP contribution >= 0.6 is 0 Å². The zero-order chi connectivity index (χ0) is 10.7. The number of rotatable bonds is 3. The Labute approximate surface area is 89.1 Å². The minimum atomic E-state index is 0.0552. The molecule has 15 heavy (non-hydrogen) atoms. The lowest BCUT2D eigenvalue weighted by Crippen LogP contribution is -2.43. The molecule has 1 aliphatic rings. The fourth-order valence-electron chi connectivity index (χ4n) is 1.56. The number of aromatic nitrogens is 1. The summed E-state index contributed by atoms with van der Waals surface area (Å²) in [7, 11) is 0. The number of carbonyl (C=O) groups excluding carboxylic acids is 1. The zero-order valence-electron chi connectivity index (χ0n) is 8.79. The quantitative estimate of drug-likeness (QED) is 0.772. The molecule has 1 aromatic heterocycles. The lowest BCUT2D eigenvalue weighted by Gasteiger charge is -2.26. The molecular weight excluding hydrogens is 190 g/mol. The Morgan fingerprint density at radius 2 is 2.40 bits per heavy atom. The monoisotopic (exact) mass is 205 g/mol. The second-order valence-corrected chi connectivity index (χ2v) is 3.94. The normalized spacial score (nSPS) is 15.8. The summed E-state index contributed by atoms with van der Waals surface area (Å²) in [4.78, 5) is 15.8. The van der Waals surface area contributed by atoms with E-state index in [0.29, 0.717) is 18.2 Å². The van der Waals surface area contributed by atoms with Crippen LogP contribution in [-0.2, 0) is 4.79 Å². The van der Waals surface area contributed by atoms with E-state index in [1.54, 1.807) is 0 Å². The van der Waals surface area contributed by atoms with Gasteiger partial charge < -0.3 is 10.6 Å². The maximum atomic E-state index is 11.5. The number of amides is 1. The maximum Gasteiger partial charge on any atom is 0.225 e. The topological polar surface area (TPSA) is 54.0 Å². The van der Waals surface area contributed by atoms with Crippen molar-refractivity contribution in [1.82, 2.24) is 10.3 Å². The van der Waals surface area contributed by atoms with Gasteiger partial charge in [0, 0.05) is 12.1 Å². The third-order valence-electron chi connectivity index (χ3n) is 2.50. The molecule has 1 saturated heterocycles. The van der Waals surface area contributed by atoms with Crippen LogP contribution in [0.3, 0.4) is 0 Å². The molecule has 0 aromatic carbocycles. The molecule has 1 aromatic rings. The van der Waals surface area contributed by atoms with Crippen LogP contribution in [0.2, 0.25) is 0 Å². The van der Waals surface area contributed by atoms with Crippen molar-refractivity contribution in [1.29, 1.82) is 0 Å². The highest BCUT2D eigenvalue weighted by Gasteiger charge is 2.20. The number of anilines is 1. The molecule has 0 atom stereocenters. The lowest BCUT2D eigenvalue weighted by atomic mass is 9.99. The second kappa shape index (κ2) is 4.40. The van der Waals surface area contributed by atoms with Gasteiger partial charge in [0.15, 0.2) is 0 Å². The SMILES string of the molecule is Cc1cccc(NC(=O)CC2CNC2)n1. The van der Waals surface area contributed by atoms with Gasteiger partial charge in [0.25, 0.3) is 0 Å². The molecule has 1 fully saturated rings. The molecule has 1 aliphatic heterocycles. The number of nitrogens with one attached hydrogen (secondary N) is 2. The van der Waals surface area contributed by atoms with Crippen molar-refractivity contribution in [2.45, 2.75) is 13.3 Å². The Morgan fingerprint density at radius 1 is 1.60 bits per heavy atom. The number of hydrogen-bond acceptors (Lipinski definition) is 3. The van der Waals surface area contributed by atoms with Crippen LogP contribution < -0.4 is 10.6 Å². The smallest absolute Gasteiger partial charge is 0.225 e.